The van der Waals surface area contributed by atoms with Crippen LogP contribution >= 0.6 is 0 Å². The second-order valence-electron chi connectivity index (χ2n) is 3.84. The van der Waals surface area contributed by atoms with E-state index in [9.17, 15) is 9.18 Å². The third-order valence-corrected chi connectivity index (χ3v) is 2.33. The van der Waals surface area contributed by atoms with Crippen molar-refractivity contribution >= 4 is 12.6 Å². The Morgan fingerprint density at radius 2 is 1.55 bits per heavy atom. The zero-order valence-electron chi connectivity index (χ0n) is 11.1. The molecular weight excluding hydrogens is 259 g/mol. The van der Waals surface area contributed by atoms with E-state index in [-0.39, 0.29) is 5.82 Å². The molecule has 2 aromatic rings. The van der Waals surface area contributed by atoms with Crippen LogP contribution in [0.1, 0.15) is 22.8 Å². The lowest BCUT2D eigenvalue weighted by atomic mass is 10.2. The highest BCUT2D eigenvalue weighted by Crippen LogP contribution is 2.13. The van der Waals surface area contributed by atoms with Gasteiger partial charge in [0.25, 0.3) is 0 Å². The molecule has 4 heteroatoms. The van der Waals surface area contributed by atoms with E-state index < -0.39 is 0 Å². The summed E-state index contributed by atoms with van der Waals surface area (Å²) in [5.74, 6) is 0.420. The molecule has 2 rings (SSSR count). The molecule has 0 saturated carbocycles. The summed E-state index contributed by atoms with van der Waals surface area (Å²) in [5.41, 5.74) is 1.50. The molecule has 0 radical (unpaired) electrons. The zero-order valence-corrected chi connectivity index (χ0v) is 11.1. The Balaban J connectivity index is 0.000000612. The molecule has 0 aliphatic carbocycles. The highest BCUT2D eigenvalue weighted by atomic mass is 19.1. The molecule has 0 amide bonds. The van der Waals surface area contributed by atoms with Crippen molar-refractivity contribution in [1.29, 1.82) is 0 Å². The smallest absolute Gasteiger partial charge is 0.150 e. The molecule has 0 aromatic heterocycles. The summed E-state index contributed by atoms with van der Waals surface area (Å²) in [7, 11) is 0. The maximum Gasteiger partial charge on any atom is 0.150 e. The van der Waals surface area contributed by atoms with Gasteiger partial charge >= 0.3 is 0 Å². The summed E-state index contributed by atoms with van der Waals surface area (Å²) in [5, 5.41) is 0. The van der Waals surface area contributed by atoms with E-state index in [1.54, 1.807) is 36.4 Å². The second kappa shape index (κ2) is 8.58. The summed E-state index contributed by atoms with van der Waals surface area (Å²) in [4.78, 5) is 19.3. The zero-order chi connectivity index (χ0) is 14.8. The number of rotatable bonds is 4. The minimum Gasteiger partial charge on any atom is -0.489 e. The Bertz CT molecular complexity index is 533. The van der Waals surface area contributed by atoms with Gasteiger partial charge in [-0.1, -0.05) is 12.1 Å². The third-order valence-electron chi connectivity index (χ3n) is 2.33. The first kappa shape index (κ1) is 15.6. The predicted octanol–water partition coefficient (Wildman–Crippen LogP) is 3.42. The predicted molar refractivity (Wildman–Crippen MR) is 74.3 cm³/mol. The van der Waals surface area contributed by atoms with Crippen LogP contribution in [0, 0.1) is 5.82 Å². The van der Waals surface area contributed by atoms with Gasteiger partial charge in [-0.2, -0.15) is 0 Å². The SMILES string of the molecule is CC=O.O=Cc1ccc(OCc2ccc(F)cc2)cc1. The van der Waals surface area contributed by atoms with Crippen molar-refractivity contribution in [3.63, 3.8) is 0 Å². The van der Waals surface area contributed by atoms with Crippen LogP contribution in [0.5, 0.6) is 5.75 Å². The topological polar surface area (TPSA) is 43.4 Å². The molecule has 0 spiro atoms. The van der Waals surface area contributed by atoms with E-state index in [4.69, 9.17) is 9.53 Å². The Kier molecular flexibility index (Phi) is 6.68. The van der Waals surface area contributed by atoms with Crippen LogP contribution in [-0.2, 0) is 11.4 Å². The van der Waals surface area contributed by atoms with Crippen molar-refractivity contribution in [2.75, 3.05) is 0 Å². The first-order valence-corrected chi connectivity index (χ1v) is 6.02. The summed E-state index contributed by atoms with van der Waals surface area (Å²) >= 11 is 0. The molecule has 0 aliphatic rings. The average Bonchev–Trinajstić information content (AvgIpc) is 2.48. The number of hydrogen-bond donors (Lipinski definition) is 0. The van der Waals surface area contributed by atoms with Crippen LogP contribution in [-0.4, -0.2) is 12.6 Å². The van der Waals surface area contributed by atoms with Gasteiger partial charge in [-0.05, 0) is 48.9 Å². The molecule has 0 fully saturated rings. The third kappa shape index (κ3) is 5.44. The van der Waals surface area contributed by atoms with Crippen molar-refractivity contribution in [2.45, 2.75) is 13.5 Å². The van der Waals surface area contributed by atoms with Crippen LogP contribution in [0.2, 0.25) is 0 Å². The van der Waals surface area contributed by atoms with E-state index >= 15 is 0 Å². The maximum absolute atomic E-state index is 12.7. The molecule has 0 heterocycles. The van der Waals surface area contributed by atoms with Gasteiger partial charge in [-0.15, -0.1) is 0 Å². The molecule has 0 atom stereocenters. The Labute approximate surface area is 117 Å². The minimum atomic E-state index is -0.260. The molecule has 104 valence electrons. The lowest BCUT2D eigenvalue weighted by Gasteiger charge is -2.06. The molecule has 20 heavy (non-hydrogen) atoms. The Morgan fingerprint density at radius 3 is 2.05 bits per heavy atom. The number of hydrogen-bond acceptors (Lipinski definition) is 3. The van der Waals surface area contributed by atoms with Gasteiger partial charge in [0.1, 0.15) is 30.7 Å². The van der Waals surface area contributed by atoms with Crippen LogP contribution in [0.25, 0.3) is 0 Å². The van der Waals surface area contributed by atoms with Crippen LogP contribution < -0.4 is 4.74 Å². The van der Waals surface area contributed by atoms with Gasteiger partial charge < -0.3 is 9.53 Å². The molecule has 2 aromatic carbocycles. The molecule has 0 unspecified atom stereocenters. The van der Waals surface area contributed by atoms with Crippen molar-refractivity contribution < 1.29 is 18.7 Å². The van der Waals surface area contributed by atoms with Crippen LogP contribution in [0.3, 0.4) is 0 Å². The fourth-order valence-corrected chi connectivity index (χ4v) is 1.39. The van der Waals surface area contributed by atoms with Gasteiger partial charge in [-0.3, -0.25) is 4.79 Å². The van der Waals surface area contributed by atoms with Crippen molar-refractivity contribution in [3.8, 4) is 5.75 Å². The monoisotopic (exact) mass is 274 g/mol. The summed E-state index contributed by atoms with van der Waals surface area (Å²) in [6.07, 6.45) is 1.53. The summed E-state index contributed by atoms with van der Waals surface area (Å²) in [6.45, 7) is 1.82. The first-order valence-electron chi connectivity index (χ1n) is 6.02. The fraction of sp³-hybridized carbons (Fsp3) is 0.125. The number of carbonyl (C=O) groups excluding carboxylic acids is 2. The standard InChI is InChI=1S/C14H11FO2.C2H4O/c15-13-5-1-12(2-6-13)10-17-14-7-3-11(9-16)4-8-14;1-2-3/h1-9H,10H2;2H,1H3. The molecule has 0 aliphatic heterocycles. The lowest BCUT2D eigenvalue weighted by Crippen LogP contribution is -1.95. The molecule has 0 bridgehead atoms. The molecule has 0 saturated heterocycles. The van der Waals surface area contributed by atoms with E-state index in [0.29, 0.717) is 17.9 Å². The van der Waals surface area contributed by atoms with Crippen molar-refractivity contribution in [3.05, 3.63) is 65.5 Å². The van der Waals surface area contributed by atoms with Crippen molar-refractivity contribution in [1.82, 2.24) is 0 Å². The highest BCUT2D eigenvalue weighted by molar-refractivity contribution is 5.74. The number of ether oxygens (including phenoxy) is 1. The number of aldehydes is 2. The Hall–Kier alpha value is -2.49. The van der Waals surface area contributed by atoms with Gasteiger partial charge in [0.2, 0.25) is 0 Å². The number of halogens is 1. The highest BCUT2D eigenvalue weighted by Gasteiger charge is 1.97. The molecule has 0 N–H and O–H groups in total. The largest absolute Gasteiger partial charge is 0.489 e. The normalized spacial score (nSPS) is 9.10. The van der Waals surface area contributed by atoms with Crippen molar-refractivity contribution in [2.24, 2.45) is 0 Å². The number of benzene rings is 2. The molecule has 3 nitrogen and oxygen atoms in total. The summed E-state index contributed by atoms with van der Waals surface area (Å²) in [6, 6.07) is 13.0. The van der Waals surface area contributed by atoms with E-state index in [2.05, 4.69) is 0 Å². The van der Waals surface area contributed by atoms with Gasteiger partial charge in [0, 0.05) is 5.56 Å². The van der Waals surface area contributed by atoms with Crippen LogP contribution in [0.4, 0.5) is 4.39 Å². The summed E-state index contributed by atoms with van der Waals surface area (Å²) < 4.78 is 18.2. The number of carbonyl (C=O) groups is 2. The van der Waals surface area contributed by atoms with Gasteiger partial charge in [0.15, 0.2) is 0 Å². The van der Waals surface area contributed by atoms with Gasteiger partial charge in [-0.25, -0.2) is 4.39 Å². The van der Waals surface area contributed by atoms with E-state index in [0.717, 1.165) is 18.1 Å². The lowest BCUT2D eigenvalue weighted by molar-refractivity contribution is -0.106. The second-order valence-corrected chi connectivity index (χ2v) is 3.84. The van der Waals surface area contributed by atoms with Gasteiger partial charge in [0.05, 0.1) is 0 Å². The molecular formula is C16H15FO3. The van der Waals surface area contributed by atoms with Crippen LogP contribution in [0.15, 0.2) is 48.5 Å². The quantitative estimate of drug-likeness (QED) is 0.802. The first-order chi connectivity index (χ1) is 9.69. The fourth-order valence-electron chi connectivity index (χ4n) is 1.39. The minimum absolute atomic E-state index is 0.260. The maximum atomic E-state index is 12.7. The van der Waals surface area contributed by atoms with E-state index in [1.807, 2.05) is 0 Å². The van der Waals surface area contributed by atoms with E-state index in [1.165, 1.54) is 19.1 Å². The Morgan fingerprint density at radius 1 is 1.00 bits per heavy atom. The average molecular weight is 274 g/mol.